The molecule has 0 aliphatic heterocycles. The highest BCUT2D eigenvalue weighted by Crippen LogP contribution is 2.18. The first kappa shape index (κ1) is 20.0. The van der Waals surface area contributed by atoms with Crippen LogP contribution < -0.4 is 21.3 Å². The fourth-order valence-corrected chi connectivity index (χ4v) is 2.87. The van der Waals surface area contributed by atoms with E-state index >= 15 is 0 Å². The van der Waals surface area contributed by atoms with Gasteiger partial charge in [0.15, 0.2) is 5.69 Å². The topological polar surface area (TPSA) is 96.3 Å². The summed E-state index contributed by atoms with van der Waals surface area (Å²) in [6.45, 7) is 2.02. The van der Waals surface area contributed by atoms with E-state index in [2.05, 4.69) is 16.0 Å². The molecule has 2 N–H and O–H groups in total. The molecule has 0 unspecified atom stereocenters. The summed E-state index contributed by atoms with van der Waals surface area (Å²) in [4.78, 5) is 38.8. The minimum absolute atomic E-state index is 0.00325. The highest BCUT2D eigenvalue weighted by Gasteiger charge is 2.17. The lowest BCUT2D eigenvalue weighted by Crippen LogP contribution is -2.42. The van der Waals surface area contributed by atoms with Gasteiger partial charge in [0, 0.05) is 31.6 Å². The Morgan fingerprint density at radius 1 is 1.07 bits per heavy atom. The molecule has 0 bridgehead atoms. The summed E-state index contributed by atoms with van der Waals surface area (Å²) in [6.07, 6.45) is 0. The maximum Gasteiger partial charge on any atom is 0.290 e. The minimum atomic E-state index is -0.692. The normalized spacial score (nSPS) is 10.6. The Labute approximate surface area is 165 Å². The maximum absolute atomic E-state index is 14.1. The third-order valence-corrected chi connectivity index (χ3v) is 4.36. The molecule has 0 radical (unpaired) electrons. The standard InChI is InChI=1S/C20H20FN5O3/c1-4-26-20(29)14-8-6-5-7-13(14)17(24-26)19(28)23-22-18(27)12-9-10-16(25(2)3)15(21)11-12/h5-11H,4H2,1-3H3,(H,22,27)(H,23,28). The van der Waals surface area contributed by atoms with Crippen molar-refractivity contribution in [1.82, 2.24) is 20.6 Å². The van der Waals surface area contributed by atoms with Crippen LogP contribution in [0.25, 0.3) is 10.8 Å². The Bertz CT molecular complexity index is 1160. The van der Waals surface area contributed by atoms with Gasteiger partial charge in [0.1, 0.15) is 5.82 Å². The van der Waals surface area contributed by atoms with Gasteiger partial charge in [0.25, 0.3) is 17.4 Å². The molecule has 3 rings (SSSR count). The van der Waals surface area contributed by atoms with Crippen molar-refractivity contribution in [1.29, 1.82) is 0 Å². The van der Waals surface area contributed by atoms with E-state index in [4.69, 9.17) is 0 Å². The van der Waals surface area contributed by atoms with Gasteiger partial charge in [-0.25, -0.2) is 9.07 Å². The highest BCUT2D eigenvalue weighted by molar-refractivity contribution is 6.06. The van der Waals surface area contributed by atoms with Crippen molar-refractivity contribution in [3.63, 3.8) is 0 Å². The molecule has 0 aliphatic rings. The number of hydrogen-bond acceptors (Lipinski definition) is 5. The molecule has 0 spiro atoms. The van der Waals surface area contributed by atoms with Crippen molar-refractivity contribution < 1.29 is 14.0 Å². The van der Waals surface area contributed by atoms with Crippen LogP contribution in [0.2, 0.25) is 0 Å². The lowest BCUT2D eigenvalue weighted by Gasteiger charge is -2.14. The Kier molecular flexibility index (Phi) is 5.58. The molecular weight excluding hydrogens is 377 g/mol. The number of aryl methyl sites for hydroxylation is 1. The first-order valence-corrected chi connectivity index (χ1v) is 8.91. The summed E-state index contributed by atoms with van der Waals surface area (Å²) >= 11 is 0. The molecule has 1 aromatic heterocycles. The van der Waals surface area contributed by atoms with Crippen molar-refractivity contribution in [2.75, 3.05) is 19.0 Å². The van der Waals surface area contributed by atoms with E-state index in [0.29, 0.717) is 16.5 Å². The van der Waals surface area contributed by atoms with Gasteiger partial charge in [-0.05, 0) is 31.2 Å². The quantitative estimate of drug-likeness (QED) is 0.654. The van der Waals surface area contributed by atoms with E-state index in [1.54, 1.807) is 50.2 Å². The minimum Gasteiger partial charge on any atom is -0.375 e. The molecule has 9 heteroatoms. The van der Waals surface area contributed by atoms with Gasteiger partial charge < -0.3 is 4.90 Å². The number of anilines is 1. The average Bonchev–Trinajstić information content (AvgIpc) is 2.71. The van der Waals surface area contributed by atoms with Gasteiger partial charge in [0.2, 0.25) is 0 Å². The van der Waals surface area contributed by atoms with Crippen molar-refractivity contribution in [2.45, 2.75) is 13.5 Å². The molecule has 2 aromatic carbocycles. The molecule has 8 nitrogen and oxygen atoms in total. The number of carbonyl (C=O) groups is 2. The van der Waals surface area contributed by atoms with Gasteiger partial charge in [-0.1, -0.05) is 18.2 Å². The number of carbonyl (C=O) groups excluding carboxylic acids is 2. The Morgan fingerprint density at radius 2 is 1.72 bits per heavy atom. The van der Waals surface area contributed by atoms with Crippen LogP contribution in [0.15, 0.2) is 47.3 Å². The Balaban J connectivity index is 1.83. The average molecular weight is 397 g/mol. The van der Waals surface area contributed by atoms with Crippen molar-refractivity contribution in [2.24, 2.45) is 0 Å². The molecule has 0 saturated heterocycles. The summed E-state index contributed by atoms with van der Waals surface area (Å²) in [6, 6.07) is 10.6. The third kappa shape index (κ3) is 3.93. The number of halogens is 1. The second-order valence-electron chi connectivity index (χ2n) is 6.48. The number of amides is 2. The van der Waals surface area contributed by atoms with E-state index in [9.17, 15) is 18.8 Å². The number of benzene rings is 2. The number of aromatic nitrogens is 2. The van der Waals surface area contributed by atoms with Crippen LogP contribution in [-0.4, -0.2) is 35.7 Å². The summed E-state index contributed by atoms with van der Waals surface area (Å²) in [7, 11) is 3.37. The lowest BCUT2D eigenvalue weighted by atomic mass is 10.1. The van der Waals surface area contributed by atoms with Gasteiger partial charge in [-0.15, -0.1) is 0 Å². The van der Waals surface area contributed by atoms with E-state index in [0.717, 1.165) is 6.07 Å². The van der Waals surface area contributed by atoms with E-state index in [1.807, 2.05) is 0 Å². The zero-order valence-corrected chi connectivity index (χ0v) is 16.2. The fourth-order valence-electron chi connectivity index (χ4n) is 2.87. The second-order valence-corrected chi connectivity index (χ2v) is 6.48. The van der Waals surface area contributed by atoms with Crippen molar-refractivity contribution in [3.05, 3.63) is 69.9 Å². The monoisotopic (exact) mass is 397 g/mol. The van der Waals surface area contributed by atoms with Crippen LogP contribution >= 0.6 is 0 Å². The Hall–Kier alpha value is -3.75. The van der Waals surface area contributed by atoms with Gasteiger partial charge in [0.05, 0.1) is 11.1 Å². The number of rotatable bonds is 4. The third-order valence-electron chi connectivity index (χ3n) is 4.36. The van der Waals surface area contributed by atoms with Gasteiger partial charge in [-0.3, -0.25) is 25.2 Å². The first-order valence-electron chi connectivity index (χ1n) is 8.91. The molecule has 29 heavy (non-hydrogen) atoms. The number of hydrazine groups is 1. The molecule has 0 fully saturated rings. The summed E-state index contributed by atoms with van der Waals surface area (Å²) < 4.78 is 15.2. The maximum atomic E-state index is 14.1. The molecule has 150 valence electrons. The number of nitrogens with zero attached hydrogens (tertiary/aromatic N) is 3. The molecular formula is C20H20FN5O3. The molecule has 3 aromatic rings. The van der Waals surface area contributed by atoms with Crippen LogP contribution in [0, 0.1) is 5.82 Å². The zero-order valence-electron chi connectivity index (χ0n) is 16.2. The highest BCUT2D eigenvalue weighted by atomic mass is 19.1. The zero-order chi connectivity index (χ0) is 21.1. The van der Waals surface area contributed by atoms with Crippen LogP contribution in [0.1, 0.15) is 27.8 Å². The van der Waals surface area contributed by atoms with Crippen LogP contribution in [-0.2, 0) is 6.54 Å². The number of fused-ring (bicyclic) bond motifs is 1. The van der Waals surface area contributed by atoms with Crippen LogP contribution in [0.4, 0.5) is 10.1 Å². The van der Waals surface area contributed by atoms with Gasteiger partial charge in [-0.2, -0.15) is 5.10 Å². The SMILES string of the molecule is CCn1nc(C(=O)NNC(=O)c2ccc(N(C)C)c(F)c2)c2ccccc2c1=O. The smallest absolute Gasteiger partial charge is 0.290 e. The molecule has 0 aliphatic carbocycles. The molecule has 1 heterocycles. The van der Waals surface area contributed by atoms with Crippen LogP contribution in [0.5, 0.6) is 0 Å². The molecule has 0 saturated carbocycles. The van der Waals surface area contributed by atoms with Crippen LogP contribution in [0.3, 0.4) is 0 Å². The van der Waals surface area contributed by atoms with E-state index in [1.165, 1.54) is 16.8 Å². The lowest BCUT2D eigenvalue weighted by molar-refractivity contribution is 0.0843. The first-order chi connectivity index (χ1) is 13.8. The van der Waals surface area contributed by atoms with Crippen molar-refractivity contribution in [3.8, 4) is 0 Å². The van der Waals surface area contributed by atoms with E-state index < -0.39 is 17.6 Å². The fraction of sp³-hybridized carbons (Fsp3) is 0.200. The van der Waals surface area contributed by atoms with Crippen molar-refractivity contribution >= 4 is 28.3 Å². The molecule has 2 amide bonds. The van der Waals surface area contributed by atoms with E-state index in [-0.39, 0.29) is 23.4 Å². The second kappa shape index (κ2) is 8.09. The number of hydrogen-bond donors (Lipinski definition) is 2. The summed E-state index contributed by atoms with van der Waals surface area (Å²) in [5.74, 6) is -1.94. The molecule has 0 atom stereocenters. The summed E-state index contributed by atoms with van der Waals surface area (Å²) in [5.41, 5.74) is 4.59. The Morgan fingerprint density at radius 3 is 2.34 bits per heavy atom. The largest absolute Gasteiger partial charge is 0.375 e. The predicted molar refractivity (Wildman–Crippen MR) is 107 cm³/mol. The summed E-state index contributed by atoms with van der Waals surface area (Å²) in [5, 5.41) is 4.81. The van der Waals surface area contributed by atoms with Gasteiger partial charge >= 0.3 is 0 Å². The number of nitrogens with one attached hydrogen (secondary N) is 2. The predicted octanol–water partition coefficient (Wildman–Crippen LogP) is 1.70.